The molecule has 0 aliphatic heterocycles. The molecule has 0 heterocycles. The zero-order chi connectivity index (χ0) is 23.7. The van der Waals surface area contributed by atoms with Gasteiger partial charge in [0.1, 0.15) is 6.10 Å². The fourth-order valence-electron chi connectivity index (χ4n) is 2.04. The molecule has 0 bridgehead atoms. The van der Waals surface area contributed by atoms with Crippen LogP contribution in [0.4, 0.5) is 4.79 Å². The van der Waals surface area contributed by atoms with Crippen LogP contribution in [0.15, 0.2) is 0 Å². The molecule has 182 valence electrons. The topological polar surface area (TPSA) is 234 Å². The van der Waals surface area contributed by atoms with E-state index in [4.69, 9.17) is 15.3 Å². The molecule has 1 amide bonds. The second-order valence-electron chi connectivity index (χ2n) is 6.85. The predicted octanol–water partition coefficient (Wildman–Crippen LogP) is -4.42. The Morgan fingerprint density at radius 2 is 1.42 bits per heavy atom. The second kappa shape index (κ2) is 18.7. The van der Waals surface area contributed by atoms with Crippen molar-refractivity contribution in [2.75, 3.05) is 13.2 Å². The normalized spacial score (nSPS) is 12.7. The van der Waals surface area contributed by atoms with Crippen LogP contribution >= 0.6 is 0 Å². The van der Waals surface area contributed by atoms with Crippen molar-refractivity contribution in [3.63, 3.8) is 0 Å². The van der Waals surface area contributed by atoms with Crippen molar-refractivity contribution in [1.29, 1.82) is 0 Å². The number of nitrogens with one attached hydrogen (secondary N) is 1. The summed E-state index contributed by atoms with van der Waals surface area (Å²) < 4.78 is 8.35. The number of ether oxygens (including phenoxy) is 2. The maximum absolute atomic E-state index is 12.0. The van der Waals surface area contributed by atoms with E-state index in [1.54, 1.807) is 0 Å². The van der Waals surface area contributed by atoms with Crippen LogP contribution < -0.4 is 5.32 Å². The molecule has 0 saturated carbocycles. The number of amides is 1. The van der Waals surface area contributed by atoms with Gasteiger partial charge in [-0.25, -0.2) is 9.59 Å². The quantitative estimate of drug-likeness (QED) is 0.0748. The summed E-state index contributed by atoms with van der Waals surface area (Å²) in [5.74, 6) is -7.75. The van der Waals surface area contributed by atoms with Crippen molar-refractivity contribution in [1.82, 2.24) is 5.32 Å². The van der Waals surface area contributed by atoms with Gasteiger partial charge in [-0.3, -0.25) is 19.2 Å². The average molecular weight is 564 g/mol. The van der Waals surface area contributed by atoms with Crippen LogP contribution in [0.1, 0.15) is 33.1 Å². The minimum absolute atomic E-state index is 0. The molecule has 0 spiro atoms. The zero-order valence-electron chi connectivity index (χ0n) is 16.1. The predicted molar refractivity (Wildman–Crippen MR) is 118 cm³/mol. The van der Waals surface area contributed by atoms with Crippen LogP contribution in [0.3, 0.4) is 0 Å². The molecule has 1 unspecified atom stereocenters. The van der Waals surface area contributed by atoms with Gasteiger partial charge in [0.15, 0.2) is 0 Å². The molecule has 0 aromatic rings. The third-order valence-corrected chi connectivity index (χ3v) is 3.79. The van der Waals surface area contributed by atoms with Crippen LogP contribution in [0.5, 0.6) is 0 Å². The Morgan fingerprint density at radius 1 is 0.909 bits per heavy atom. The number of carbonyl (C=O) groups is 6. The molecule has 33 heavy (non-hydrogen) atoms. The fraction of sp³-hybridized carbons (Fsp3) is 0.625. The Kier molecular flexibility index (Phi) is 23.1. The third-order valence-electron chi connectivity index (χ3n) is 3.79. The number of hydrogen-bond acceptors (Lipinski definition) is 10. The molecule has 0 aliphatic rings. The summed E-state index contributed by atoms with van der Waals surface area (Å²) in [7, 11) is 0. The van der Waals surface area contributed by atoms with Crippen molar-refractivity contribution in [2.45, 2.75) is 44.8 Å². The summed E-state index contributed by atoms with van der Waals surface area (Å²) in [6.45, 7) is 1.81. The summed E-state index contributed by atoms with van der Waals surface area (Å²) in [6.07, 6.45) is -7.16. The van der Waals surface area contributed by atoms with Gasteiger partial charge in [0.05, 0.1) is 25.9 Å². The van der Waals surface area contributed by atoms with Gasteiger partial charge in [-0.15, -0.1) is 0 Å². The van der Waals surface area contributed by atoms with Gasteiger partial charge in [-0.05, 0) is 0 Å². The Hall–Kier alpha value is 0.519. The van der Waals surface area contributed by atoms with Crippen molar-refractivity contribution < 1.29 is 63.8 Å². The summed E-state index contributed by atoms with van der Waals surface area (Å²) in [5, 5.41) is 47.6. The van der Waals surface area contributed by atoms with Crippen molar-refractivity contribution in [2.24, 2.45) is 5.41 Å². The monoisotopic (exact) mass is 563 g/mol. The van der Waals surface area contributed by atoms with Crippen LogP contribution in [0.2, 0.25) is 0 Å². The molecule has 6 N–H and O–H groups in total. The summed E-state index contributed by atoms with van der Waals surface area (Å²) >= 11 is 0. The molecule has 2 atom stereocenters. The van der Waals surface area contributed by atoms with Crippen molar-refractivity contribution >= 4 is 149 Å². The molecule has 0 aliphatic carbocycles. The molecule has 17 heteroatoms. The van der Waals surface area contributed by atoms with Gasteiger partial charge >= 0.3 is 143 Å². The van der Waals surface area contributed by atoms with E-state index in [2.05, 4.69) is 14.8 Å². The maximum atomic E-state index is 12.0. The molecule has 0 aromatic carbocycles. The van der Waals surface area contributed by atoms with Crippen LogP contribution in [-0.2, 0) is 33.4 Å². The zero-order valence-corrected chi connectivity index (χ0v) is 16.1. The van der Waals surface area contributed by atoms with Gasteiger partial charge in [0.25, 0.3) is 0 Å². The Balaban J connectivity index is -0.00000140. The number of aliphatic hydroxyl groups excluding tert-OH is 2. The summed E-state index contributed by atoms with van der Waals surface area (Å²) in [4.78, 5) is 68.1. The first-order chi connectivity index (χ1) is 13.7. The van der Waals surface area contributed by atoms with E-state index >= 15 is 0 Å². The Morgan fingerprint density at radius 3 is 1.82 bits per heavy atom. The van der Waals surface area contributed by atoms with E-state index < -0.39 is 85.5 Å². The Labute approximate surface area is 277 Å². The number of carboxylic acids is 2. The van der Waals surface area contributed by atoms with Crippen molar-refractivity contribution in [3.8, 4) is 0 Å². The van der Waals surface area contributed by atoms with E-state index in [-0.39, 0.29) is 113 Å². The van der Waals surface area contributed by atoms with Gasteiger partial charge < -0.3 is 40.3 Å². The minimum atomic E-state index is -2.95. The SMILES string of the molecule is CC(C)(CO)[C@@H](O)C(=O)NCCC(=O)OC(CC(=O)O)(CC(=O)OC(=O)O)C(=O)O.[CaH2].[CaH2].[CaH2]. The number of hydrogen-bond donors (Lipinski definition) is 6. The molecule has 14 nitrogen and oxygen atoms in total. The third kappa shape index (κ3) is 15.3. The van der Waals surface area contributed by atoms with Gasteiger partial charge in [0.2, 0.25) is 11.5 Å². The molecule has 0 fully saturated rings. The van der Waals surface area contributed by atoms with Crippen molar-refractivity contribution in [3.05, 3.63) is 0 Å². The summed E-state index contributed by atoms with van der Waals surface area (Å²) in [6, 6.07) is 0. The number of esters is 2. The van der Waals surface area contributed by atoms with Gasteiger partial charge in [-0.2, -0.15) is 0 Å². The number of rotatable bonds is 12. The van der Waals surface area contributed by atoms with E-state index in [9.17, 15) is 39.0 Å². The molecule has 0 aromatic heterocycles. The fourth-order valence-corrected chi connectivity index (χ4v) is 2.04. The number of carbonyl (C=O) groups excluding carboxylic acids is 3. The van der Waals surface area contributed by atoms with E-state index in [1.165, 1.54) is 13.8 Å². The first-order valence-corrected chi connectivity index (χ1v) is 8.34. The molecular formula is C16H29Ca3NO13. The van der Waals surface area contributed by atoms with Crippen LogP contribution in [0.25, 0.3) is 0 Å². The Bertz CT molecular complexity index is 716. The van der Waals surface area contributed by atoms with Crippen LogP contribution in [-0.4, -0.2) is 200 Å². The number of aliphatic hydroxyl groups is 2. The number of aliphatic carboxylic acids is 2. The first kappa shape index (κ1) is 40.7. The van der Waals surface area contributed by atoms with Gasteiger partial charge in [-0.1, -0.05) is 13.8 Å². The number of carboxylic acid groups (broad SMARTS) is 3. The molecule has 0 saturated heterocycles. The van der Waals surface area contributed by atoms with E-state index in [0.29, 0.717) is 0 Å². The second-order valence-corrected chi connectivity index (χ2v) is 6.85. The molecule has 0 rings (SSSR count). The average Bonchev–Trinajstić information content (AvgIpc) is 2.59. The standard InChI is InChI=1S/C16H23NO13.3Ca.6H/c1-15(2,7-18)11(23)12(24)17-4-3-9(21)30-16(13(25)26,5-8(19)20)6-10(22)29-14(27)28;;;;;;;;;/h11,18,23H,3-7H2,1-2H3,(H,17,24)(H,19,20)(H,25,26)(H,27,28);;;;;;;;;/t11-,16?;;;;;;;;;/m0........./s1. The van der Waals surface area contributed by atoms with E-state index in [1.807, 2.05) is 0 Å². The molecule has 0 radical (unpaired) electrons. The first-order valence-electron chi connectivity index (χ1n) is 8.34. The van der Waals surface area contributed by atoms with E-state index in [0.717, 1.165) is 0 Å². The summed E-state index contributed by atoms with van der Waals surface area (Å²) in [5.41, 5.74) is -4.13. The van der Waals surface area contributed by atoms with Gasteiger partial charge in [0, 0.05) is 12.0 Å². The molecular weight excluding hydrogens is 534 g/mol. The van der Waals surface area contributed by atoms with Crippen LogP contribution in [0, 0.1) is 5.41 Å².